The Morgan fingerprint density at radius 2 is 1.95 bits per heavy atom. The molecule has 1 atom stereocenters. The van der Waals surface area contributed by atoms with E-state index in [1.807, 2.05) is 47.2 Å². The Morgan fingerprint density at radius 3 is 2.59 bits per heavy atom. The Morgan fingerprint density at radius 1 is 1.18 bits per heavy atom. The van der Waals surface area contributed by atoms with Crippen LogP contribution in [0.5, 0.6) is 0 Å². The van der Waals surface area contributed by atoms with E-state index in [0.29, 0.717) is 12.8 Å². The first-order chi connectivity index (χ1) is 10.6. The van der Waals surface area contributed by atoms with Gasteiger partial charge in [0.2, 0.25) is 0 Å². The largest absolute Gasteiger partial charge is 0.480 e. The molecule has 0 fully saturated rings. The lowest BCUT2D eigenvalue weighted by molar-refractivity contribution is -0.139. The number of aliphatic carboxylic acids is 1. The van der Waals surface area contributed by atoms with Crippen LogP contribution in [0.3, 0.4) is 0 Å². The zero-order chi connectivity index (χ0) is 15.8. The molecule has 1 heterocycles. The van der Waals surface area contributed by atoms with Crippen LogP contribution in [0.25, 0.3) is 0 Å². The molecule has 6 heteroatoms. The van der Waals surface area contributed by atoms with Crippen molar-refractivity contribution in [2.45, 2.75) is 25.5 Å². The van der Waals surface area contributed by atoms with Gasteiger partial charge < -0.3 is 15.2 Å². The summed E-state index contributed by atoms with van der Waals surface area (Å²) in [5.41, 5.74) is 1.92. The lowest BCUT2D eigenvalue weighted by Gasteiger charge is -2.14. The normalized spacial score (nSPS) is 11.6. The molecule has 2 N–H and O–H groups in total. The summed E-state index contributed by atoms with van der Waals surface area (Å²) >= 11 is 1.56. The number of carboxylic acid groups (broad SMARTS) is 1. The number of rotatable bonds is 7. The van der Waals surface area contributed by atoms with Crippen LogP contribution >= 0.6 is 11.3 Å². The van der Waals surface area contributed by atoms with Crippen molar-refractivity contribution in [3.8, 4) is 0 Å². The highest BCUT2D eigenvalue weighted by atomic mass is 32.1. The smallest absolute Gasteiger partial charge is 0.408 e. The summed E-state index contributed by atoms with van der Waals surface area (Å²) in [5.74, 6) is -1.06. The molecule has 2 rings (SSSR count). The van der Waals surface area contributed by atoms with Gasteiger partial charge in [-0.2, -0.15) is 11.3 Å². The van der Waals surface area contributed by atoms with Crippen LogP contribution < -0.4 is 5.32 Å². The second-order valence-electron chi connectivity index (χ2n) is 4.77. The first kappa shape index (κ1) is 16.0. The topological polar surface area (TPSA) is 75.6 Å². The predicted molar refractivity (Wildman–Crippen MR) is 83.8 cm³/mol. The van der Waals surface area contributed by atoms with Crippen molar-refractivity contribution in [3.63, 3.8) is 0 Å². The van der Waals surface area contributed by atoms with Crippen LogP contribution in [0.2, 0.25) is 0 Å². The molecular weight excluding hydrogens is 302 g/mol. The van der Waals surface area contributed by atoms with E-state index in [4.69, 9.17) is 9.84 Å². The summed E-state index contributed by atoms with van der Waals surface area (Å²) in [7, 11) is 0. The van der Waals surface area contributed by atoms with Crippen molar-refractivity contribution in [1.29, 1.82) is 0 Å². The molecule has 5 nitrogen and oxygen atoms in total. The second kappa shape index (κ2) is 8.19. The monoisotopic (exact) mass is 319 g/mol. The number of alkyl carbamates (subject to hydrolysis) is 1. The molecule has 1 amide bonds. The molecule has 1 aromatic heterocycles. The Kier molecular flexibility index (Phi) is 5.97. The van der Waals surface area contributed by atoms with E-state index in [1.165, 1.54) is 0 Å². The Hall–Kier alpha value is -2.34. The van der Waals surface area contributed by atoms with E-state index in [0.717, 1.165) is 11.1 Å². The molecule has 0 saturated carbocycles. The maximum Gasteiger partial charge on any atom is 0.408 e. The number of hydrogen-bond donors (Lipinski definition) is 2. The number of carbonyl (C=O) groups excluding carboxylic acids is 1. The molecule has 0 aliphatic rings. The first-order valence-electron chi connectivity index (χ1n) is 6.86. The van der Waals surface area contributed by atoms with E-state index in [1.54, 1.807) is 11.3 Å². The minimum Gasteiger partial charge on any atom is -0.480 e. The highest BCUT2D eigenvalue weighted by Crippen LogP contribution is 2.10. The van der Waals surface area contributed by atoms with Gasteiger partial charge in [0.25, 0.3) is 0 Å². The number of nitrogens with one attached hydrogen (secondary N) is 1. The predicted octanol–water partition coefficient (Wildman–Crippen LogP) is 3.06. The fourth-order valence-electron chi connectivity index (χ4n) is 1.91. The minimum absolute atomic E-state index is 0.115. The fraction of sp³-hybridized carbons (Fsp3) is 0.250. The number of ether oxygens (including phenoxy) is 1. The van der Waals surface area contributed by atoms with Crippen LogP contribution in [-0.2, 0) is 22.6 Å². The number of amides is 1. The summed E-state index contributed by atoms with van der Waals surface area (Å²) in [5, 5.41) is 15.5. The van der Waals surface area contributed by atoms with E-state index in [2.05, 4.69) is 5.32 Å². The molecule has 0 aliphatic carbocycles. The Labute approximate surface area is 132 Å². The Bertz CT molecular complexity index is 598. The summed E-state index contributed by atoms with van der Waals surface area (Å²) in [6, 6.07) is 10.2. The molecular formula is C16H17NO4S. The maximum absolute atomic E-state index is 11.7. The highest BCUT2D eigenvalue weighted by molar-refractivity contribution is 7.07. The van der Waals surface area contributed by atoms with Gasteiger partial charge >= 0.3 is 12.1 Å². The molecule has 0 bridgehead atoms. The van der Waals surface area contributed by atoms with Crippen LogP contribution in [0.1, 0.15) is 17.5 Å². The molecule has 1 aromatic carbocycles. The van der Waals surface area contributed by atoms with Gasteiger partial charge in [-0.05, 0) is 40.8 Å². The van der Waals surface area contributed by atoms with Gasteiger partial charge in [-0.1, -0.05) is 30.3 Å². The molecule has 22 heavy (non-hydrogen) atoms. The van der Waals surface area contributed by atoms with Crippen molar-refractivity contribution in [2.24, 2.45) is 0 Å². The summed E-state index contributed by atoms with van der Waals surface area (Å²) in [6.07, 6.45) is 0.202. The van der Waals surface area contributed by atoms with Crippen LogP contribution in [0.4, 0.5) is 4.79 Å². The molecule has 2 aromatic rings. The number of thiophene rings is 1. The quantitative estimate of drug-likeness (QED) is 0.822. The summed E-state index contributed by atoms with van der Waals surface area (Å²) in [4.78, 5) is 22.9. The van der Waals surface area contributed by atoms with Crippen LogP contribution in [0.15, 0.2) is 47.2 Å². The molecule has 1 unspecified atom stereocenters. The second-order valence-corrected chi connectivity index (χ2v) is 5.55. The van der Waals surface area contributed by atoms with Crippen LogP contribution in [-0.4, -0.2) is 23.2 Å². The zero-order valence-corrected chi connectivity index (χ0v) is 12.7. The van der Waals surface area contributed by atoms with E-state index in [9.17, 15) is 9.59 Å². The first-order valence-corrected chi connectivity index (χ1v) is 7.80. The number of aryl methyl sites for hydroxylation is 1. The lowest BCUT2D eigenvalue weighted by atomic mass is 10.1. The highest BCUT2D eigenvalue weighted by Gasteiger charge is 2.20. The molecule has 0 aliphatic heterocycles. The van der Waals surface area contributed by atoms with E-state index < -0.39 is 18.1 Å². The van der Waals surface area contributed by atoms with Crippen molar-refractivity contribution in [3.05, 3.63) is 58.3 Å². The average molecular weight is 319 g/mol. The minimum atomic E-state index is -1.06. The van der Waals surface area contributed by atoms with Gasteiger partial charge in [0, 0.05) is 0 Å². The van der Waals surface area contributed by atoms with Crippen molar-refractivity contribution in [1.82, 2.24) is 5.32 Å². The molecule has 0 saturated heterocycles. The third kappa shape index (κ3) is 5.21. The zero-order valence-electron chi connectivity index (χ0n) is 11.9. The van der Waals surface area contributed by atoms with Crippen LogP contribution in [0, 0.1) is 0 Å². The fourth-order valence-corrected chi connectivity index (χ4v) is 2.61. The summed E-state index contributed by atoms with van der Waals surface area (Å²) < 4.78 is 5.03. The standard InChI is InChI=1S/C16H17NO4S/c18-15(19)14(7-6-13-8-9-22-11-13)17-16(20)21-10-12-4-2-1-3-5-12/h1-5,8-9,11,14H,6-7,10H2,(H,17,20)(H,18,19). The number of carbonyl (C=O) groups is 2. The third-order valence-electron chi connectivity index (χ3n) is 3.10. The van der Waals surface area contributed by atoms with Gasteiger partial charge in [0.05, 0.1) is 0 Å². The molecule has 0 radical (unpaired) electrons. The SMILES string of the molecule is O=C(NC(CCc1ccsc1)C(=O)O)OCc1ccccc1. The maximum atomic E-state index is 11.7. The van der Waals surface area contributed by atoms with Gasteiger partial charge in [-0.3, -0.25) is 0 Å². The van der Waals surface area contributed by atoms with Gasteiger partial charge in [-0.25, -0.2) is 9.59 Å². The van der Waals surface area contributed by atoms with E-state index >= 15 is 0 Å². The molecule has 116 valence electrons. The number of carboxylic acids is 1. The Balaban J connectivity index is 1.79. The van der Waals surface area contributed by atoms with Gasteiger partial charge in [0.1, 0.15) is 12.6 Å². The lowest BCUT2D eigenvalue weighted by Crippen LogP contribution is -2.41. The number of hydrogen-bond acceptors (Lipinski definition) is 4. The third-order valence-corrected chi connectivity index (χ3v) is 3.84. The van der Waals surface area contributed by atoms with Gasteiger partial charge in [0.15, 0.2) is 0 Å². The number of benzene rings is 1. The van der Waals surface area contributed by atoms with Crippen molar-refractivity contribution < 1.29 is 19.4 Å². The average Bonchev–Trinajstić information content (AvgIpc) is 3.03. The van der Waals surface area contributed by atoms with E-state index in [-0.39, 0.29) is 6.61 Å². The molecule has 0 spiro atoms. The van der Waals surface area contributed by atoms with Crippen molar-refractivity contribution in [2.75, 3.05) is 0 Å². The summed E-state index contributed by atoms with van der Waals surface area (Å²) in [6.45, 7) is 0.115. The van der Waals surface area contributed by atoms with Crippen molar-refractivity contribution >= 4 is 23.4 Å². The van der Waals surface area contributed by atoms with Gasteiger partial charge in [-0.15, -0.1) is 0 Å².